The summed E-state index contributed by atoms with van der Waals surface area (Å²) in [6, 6.07) is 3.29. The van der Waals surface area contributed by atoms with Crippen LogP contribution in [-0.2, 0) is 16.1 Å². The van der Waals surface area contributed by atoms with E-state index in [0.29, 0.717) is 35.8 Å². The summed E-state index contributed by atoms with van der Waals surface area (Å²) < 4.78 is 21.3. The molecule has 2 rings (SSSR count). The zero-order valence-electron chi connectivity index (χ0n) is 12.3. The van der Waals surface area contributed by atoms with Crippen molar-refractivity contribution in [3.8, 4) is 17.2 Å². The number of ether oxygens (including phenoxy) is 4. The van der Waals surface area contributed by atoms with Crippen LogP contribution in [-0.4, -0.2) is 30.6 Å². The summed E-state index contributed by atoms with van der Waals surface area (Å²) in [7, 11) is 0. The van der Waals surface area contributed by atoms with E-state index in [1.165, 1.54) is 0 Å². The van der Waals surface area contributed by atoms with E-state index in [2.05, 4.69) is 0 Å². The molecule has 0 aliphatic carbocycles. The van der Waals surface area contributed by atoms with Gasteiger partial charge in [0.1, 0.15) is 5.75 Å². The summed E-state index contributed by atoms with van der Waals surface area (Å²) in [6.45, 7) is 3.94. The van der Waals surface area contributed by atoms with E-state index in [9.17, 15) is 9.90 Å². The molecule has 0 fully saturated rings. The Kier molecular flexibility index (Phi) is 5.27. The van der Waals surface area contributed by atoms with Crippen LogP contribution in [0.3, 0.4) is 0 Å². The molecule has 6 nitrogen and oxygen atoms in total. The van der Waals surface area contributed by atoms with Crippen molar-refractivity contribution in [2.75, 3.05) is 13.4 Å². The predicted molar refractivity (Wildman–Crippen MR) is 74.4 cm³/mol. The Labute approximate surface area is 123 Å². The molecule has 1 N–H and O–H groups in total. The second-order valence-electron chi connectivity index (χ2n) is 4.62. The number of benzene rings is 1. The van der Waals surface area contributed by atoms with Gasteiger partial charge in [0.15, 0.2) is 17.6 Å². The quantitative estimate of drug-likeness (QED) is 0.776. The van der Waals surface area contributed by atoms with Crippen molar-refractivity contribution < 1.29 is 28.8 Å². The third kappa shape index (κ3) is 3.58. The van der Waals surface area contributed by atoms with Crippen LogP contribution in [0.15, 0.2) is 12.1 Å². The molecule has 1 aliphatic heterocycles. The fourth-order valence-corrected chi connectivity index (χ4v) is 2.07. The Morgan fingerprint density at radius 2 is 2.05 bits per heavy atom. The highest BCUT2D eigenvalue weighted by molar-refractivity contribution is 5.75. The number of aliphatic hydroxyl groups excluding tert-OH is 1. The molecule has 0 bridgehead atoms. The second-order valence-corrected chi connectivity index (χ2v) is 4.62. The number of fused-ring (bicyclic) bond motifs is 1. The van der Waals surface area contributed by atoms with E-state index in [0.717, 1.165) is 6.42 Å². The van der Waals surface area contributed by atoms with Crippen LogP contribution in [0.5, 0.6) is 17.2 Å². The van der Waals surface area contributed by atoms with Crippen molar-refractivity contribution >= 4 is 5.97 Å². The maximum Gasteiger partial charge on any atom is 0.347 e. The Bertz CT molecular complexity index is 499. The van der Waals surface area contributed by atoms with Crippen molar-refractivity contribution in [2.45, 2.75) is 39.4 Å². The molecule has 1 aromatic rings. The SMILES string of the molecule is CCCC(Oc1cc2c(cc1CO)OCO2)C(=O)OCC. The number of carbonyl (C=O) groups excluding carboxylic acids is 1. The molecular weight excluding hydrogens is 276 g/mol. The molecule has 0 aromatic heterocycles. The highest BCUT2D eigenvalue weighted by Gasteiger charge is 2.24. The molecule has 1 aliphatic rings. The van der Waals surface area contributed by atoms with E-state index in [1.807, 2.05) is 6.92 Å². The summed E-state index contributed by atoms with van der Waals surface area (Å²) in [5, 5.41) is 9.44. The van der Waals surface area contributed by atoms with Crippen LogP contribution in [0.25, 0.3) is 0 Å². The average molecular weight is 296 g/mol. The maximum atomic E-state index is 11.9. The normalized spacial score (nSPS) is 13.9. The van der Waals surface area contributed by atoms with Gasteiger partial charge in [0.2, 0.25) is 6.79 Å². The Morgan fingerprint density at radius 3 is 2.67 bits per heavy atom. The molecule has 1 heterocycles. The monoisotopic (exact) mass is 296 g/mol. The molecule has 1 atom stereocenters. The summed E-state index contributed by atoms with van der Waals surface area (Å²) in [5.74, 6) is 1.12. The number of carbonyl (C=O) groups is 1. The summed E-state index contributed by atoms with van der Waals surface area (Å²) in [5.41, 5.74) is 0.546. The lowest BCUT2D eigenvalue weighted by Gasteiger charge is -2.19. The first kappa shape index (κ1) is 15.4. The van der Waals surface area contributed by atoms with Gasteiger partial charge in [0.05, 0.1) is 13.2 Å². The van der Waals surface area contributed by atoms with Gasteiger partial charge in [-0.05, 0) is 19.4 Å². The number of hydrogen-bond acceptors (Lipinski definition) is 6. The van der Waals surface area contributed by atoms with Gasteiger partial charge in [0, 0.05) is 11.6 Å². The van der Waals surface area contributed by atoms with Gasteiger partial charge in [-0.25, -0.2) is 4.79 Å². The van der Waals surface area contributed by atoms with Crippen molar-refractivity contribution in [3.63, 3.8) is 0 Å². The van der Waals surface area contributed by atoms with Gasteiger partial charge in [-0.2, -0.15) is 0 Å². The number of aliphatic hydroxyl groups is 1. The minimum absolute atomic E-state index is 0.139. The molecule has 0 saturated carbocycles. The fraction of sp³-hybridized carbons (Fsp3) is 0.533. The fourth-order valence-electron chi connectivity index (χ4n) is 2.07. The second kappa shape index (κ2) is 7.17. The van der Waals surface area contributed by atoms with Crippen LogP contribution in [0.4, 0.5) is 0 Å². The van der Waals surface area contributed by atoms with Crippen molar-refractivity contribution in [1.29, 1.82) is 0 Å². The third-order valence-corrected chi connectivity index (χ3v) is 3.10. The van der Waals surface area contributed by atoms with Crippen molar-refractivity contribution in [1.82, 2.24) is 0 Å². The van der Waals surface area contributed by atoms with Crippen molar-refractivity contribution in [2.24, 2.45) is 0 Å². The average Bonchev–Trinajstić information content (AvgIpc) is 2.93. The van der Waals surface area contributed by atoms with E-state index in [-0.39, 0.29) is 13.4 Å². The van der Waals surface area contributed by atoms with Crippen LogP contribution in [0, 0.1) is 0 Å². The Hall–Kier alpha value is -1.95. The minimum atomic E-state index is -0.694. The lowest BCUT2D eigenvalue weighted by molar-refractivity contribution is -0.151. The van der Waals surface area contributed by atoms with E-state index < -0.39 is 12.1 Å². The van der Waals surface area contributed by atoms with E-state index in [1.54, 1.807) is 19.1 Å². The largest absolute Gasteiger partial charge is 0.478 e. The molecule has 0 saturated heterocycles. The molecule has 0 amide bonds. The lowest BCUT2D eigenvalue weighted by atomic mass is 10.1. The van der Waals surface area contributed by atoms with Crippen molar-refractivity contribution in [3.05, 3.63) is 17.7 Å². The molecule has 1 aromatic carbocycles. The number of hydrogen-bond donors (Lipinski definition) is 1. The molecule has 0 radical (unpaired) electrons. The zero-order valence-corrected chi connectivity index (χ0v) is 12.3. The van der Waals surface area contributed by atoms with Gasteiger partial charge in [-0.15, -0.1) is 0 Å². The Morgan fingerprint density at radius 1 is 1.33 bits per heavy atom. The predicted octanol–water partition coefficient (Wildman–Crippen LogP) is 2.02. The number of rotatable bonds is 7. The summed E-state index contributed by atoms with van der Waals surface area (Å²) >= 11 is 0. The first-order chi connectivity index (χ1) is 10.2. The van der Waals surface area contributed by atoms with Gasteiger partial charge in [-0.1, -0.05) is 13.3 Å². The molecule has 6 heteroatoms. The van der Waals surface area contributed by atoms with Crippen LogP contribution in [0.1, 0.15) is 32.3 Å². The number of esters is 1. The first-order valence-corrected chi connectivity index (χ1v) is 7.06. The van der Waals surface area contributed by atoms with Gasteiger partial charge in [0.25, 0.3) is 0 Å². The van der Waals surface area contributed by atoms with Crippen LogP contribution < -0.4 is 14.2 Å². The van der Waals surface area contributed by atoms with Gasteiger partial charge in [-0.3, -0.25) is 0 Å². The highest BCUT2D eigenvalue weighted by atomic mass is 16.7. The van der Waals surface area contributed by atoms with E-state index in [4.69, 9.17) is 18.9 Å². The zero-order chi connectivity index (χ0) is 15.2. The van der Waals surface area contributed by atoms with Crippen LogP contribution in [0.2, 0.25) is 0 Å². The molecule has 21 heavy (non-hydrogen) atoms. The lowest BCUT2D eigenvalue weighted by Crippen LogP contribution is -2.29. The maximum absolute atomic E-state index is 11.9. The summed E-state index contributed by atoms with van der Waals surface area (Å²) in [6.07, 6.45) is 0.626. The van der Waals surface area contributed by atoms with E-state index >= 15 is 0 Å². The molecule has 0 spiro atoms. The van der Waals surface area contributed by atoms with Crippen LogP contribution >= 0.6 is 0 Å². The van der Waals surface area contributed by atoms with Gasteiger partial charge < -0.3 is 24.1 Å². The summed E-state index contributed by atoms with van der Waals surface area (Å²) in [4.78, 5) is 11.9. The smallest absolute Gasteiger partial charge is 0.347 e. The Balaban J connectivity index is 2.21. The highest BCUT2D eigenvalue weighted by Crippen LogP contribution is 2.38. The molecular formula is C15H20O6. The standard InChI is InChI=1S/C15H20O6/c1-3-5-11(15(17)18-4-2)21-12-7-14-13(19-9-20-14)6-10(12)8-16/h6-7,11,16H,3-5,8-9H2,1-2H3. The molecule has 1 unspecified atom stereocenters. The van der Waals surface area contributed by atoms with Gasteiger partial charge >= 0.3 is 5.97 Å². The molecule has 116 valence electrons. The third-order valence-electron chi connectivity index (χ3n) is 3.10. The topological polar surface area (TPSA) is 74.2 Å². The minimum Gasteiger partial charge on any atom is -0.478 e. The first-order valence-electron chi connectivity index (χ1n) is 7.06.